The molecule has 0 unspecified atom stereocenters. The molecular formula is C48H68O6. The Kier molecular flexibility index (Phi) is 16.8. The third kappa shape index (κ3) is 9.52. The van der Waals surface area contributed by atoms with Crippen molar-refractivity contribution in [2.24, 2.45) is 0 Å². The Labute approximate surface area is 324 Å². The van der Waals surface area contributed by atoms with Gasteiger partial charge in [-0.1, -0.05) is 129 Å². The first-order valence-corrected chi connectivity index (χ1v) is 21.7. The van der Waals surface area contributed by atoms with Gasteiger partial charge in [0.2, 0.25) is 0 Å². The van der Waals surface area contributed by atoms with E-state index in [1.165, 1.54) is 51.4 Å². The lowest BCUT2D eigenvalue weighted by Crippen LogP contribution is -2.11. The van der Waals surface area contributed by atoms with E-state index in [9.17, 15) is 0 Å². The fraction of sp³-hybridized carbons (Fsp3) is 0.583. The van der Waals surface area contributed by atoms with Crippen molar-refractivity contribution in [3.05, 3.63) is 57.3 Å². The third-order valence-electron chi connectivity index (χ3n) is 10.5. The second kappa shape index (κ2) is 21.9. The van der Waals surface area contributed by atoms with Gasteiger partial charge < -0.3 is 28.4 Å². The van der Waals surface area contributed by atoms with Crippen molar-refractivity contribution in [2.75, 3.05) is 39.6 Å². The van der Waals surface area contributed by atoms with Crippen LogP contribution in [0.25, 0.3) is 21.5 Å². The maximum Gasteiger partial charge on any atom is 0.139 e. The molecule has 0 saturated heterocycles. The highest BCUT2D eigenvalue weighted by Gasteiger charge is 2.29. The van der Waals surface area contributed by atoms with Gasteiger partial charge in [0.15, 0.2) is 0 Å². The van der Waals surface area contributed by atoms with Gasteiger partial charge in [0.1, 0.15) is 34.5 Å². The number of unbranched alkanes of at least 4 members (excludes halogenated alkanes) is 12. The highest BCUT2D eigenvalue weighted by atomic mass is 16.5. The van der Waals surface area contributed by atoms with Crippen molar-refractivity contribution in [1.29, 1.82) is 0 Å². The topological polar surface area (TPSA) is 55.4 Å². The summed E-state index contributed by atoms with van der Waals surface area (Å²) in [6, 6.07) is 12.6. The minimum absolute atomic E-state index is 0.556. The average Bonchev–Trinajstić information content (AvgIpc) is 3.17. The first-order valence-electron chi connectivity index (χ1n) is 21.7. The van der Waals surface area contributed by atoms with Gasteiger partial charge in [0.25, 0.3) is 0 Å². The van der Waals surface area contributed by atoms with E-state index >= 15 is 0 Å². The smallest absolute Gasteiger partial charge is 0.139 e. The predicted octanol–water partition coefficient (Wildman–Crippen LogP) is 13.5. The van der Waals surface area contributed by atoms with Gasteiger partial charge in [-0.25, -0.2) is 0 Å². The van der Waals surface area contributed by atoms with E-state index in [-0.39, 0.29) is 0 Å². The Morgan fingerprint density at radius 3 is 0.963 bits per heavy atom. The summed E-state index contributed by atoms with van der Waals surface area (Å²) in [5.41, 5.74) is 0. The minimum atomic E-state index is 0.556. The summed E-state index contributed by atoms with van der Waals surface area (Å²) >= 11 is 0. The van der Waals surface area contributed by atoms with Crippen molar-refractivity contribution in [3.63, 3.8) is 0 Å². The number of hydrogen-bond acceptors (Lipinski definition) is 6. The Balaban J connectivity index is 1.89. The molecular weight excluding hydrogens is 673 g/mol. The van der Waals surface area contributed by atoms with Gasteiger partial charge >= 0.3 is 0 Å². The van der Waals surface area contributed by atoms with Crippen molar-refractivity contribution < 1.29 is 28.4 Å². The van der Waals surface area contributed by atoms with Crippen LogP contribution >= 0.6 is 0 Å². The third-order valence-corrected chi connectivity index (χ3v) is 10.5. The molecule has 0 amide bonds. The molecule has 0 radical (unpaired) electrons. The van der Waals surface area contributed by atoms with Crippen LogP contribution in [0.1, 0.15) is 144 Å². The Morgan fingerprint density at radius 1 is 0.333 bits per heavy atom. The summed E-state index contributed by atoms with van der Waals surface area (Å²) in [5.74, 6) is 5.10. The maximum absolute atomic E-state index is 6.99. The van der Waals surface area contributed by atoms with E-state index in [1.54, 1.807) is 0 Å². The normalized spacial score (nSPS) is 11.7. The highest BCUT2D eigenvalue weighted by Crippen LogP contribution is 2.50. The molecule has 296 valence electrons. The zero-order chi connectivity index (χ0) is 38.1. The largest absolute Gasteiger partial charge is 0.493 e. The van der Waals surface area contributed by atoms with Gasteiger partial charge in [-0.3, -0.25) is 0 Å². The molecule has 1 aliphatic carbocycles. The van der Waals surface area contributed by atoms with Crippen LogP contribution in [-0.4, -0.2) is 39.6 Å². The van der Waals surface area contributed by atoms with E-state index < -0.39 is 0 Å². The van der Waals surface area contributed by atoms with E-state index in [2.05, 4.69) is 64.1 Å². The number of rotatable bonds is 28. The monoisotopic (exact) mass is 741 g/mol. The second-order valence-corrected chi connectivity index (χ2v) is 14.7. The Morgan fingerprint density at radius 2 is 0.648 bits per heavy atom. The van der Waals surface area contributed by atoms with E-state index in [0.717, 1.165) is 128 Å². The molecule has 54 heavy (non-hydrogen) atoms. The summed E-state index contributed by atoms with van der Waals surface area (Å²) in [6.45, 7) is 16.7. The molecule has 4 aromatic rings. The molecule has 0 aromatic heterocycles. The fourth-order valence-corrected chi connectivity index (χ4v) is 7.73. The number of fused-ring (bicyclic) bond motifs is 4. The van der Waals surface area contributed by atoms with Crippen LogP contribution in [0, 0.1) is 20.9 Å². The lowest BCUT2D eigenvalue weighted by atomic mass is 9.90. The molecule has 4 aromatic carbocycles. The summed E-state index contributed by atoms with van der Waals surface area (Å²) in [6.07, 6.45) is 18.1. The maximum atomic E-state index is 6.99. The first kappa shape index (κ1) is 41.4. The molecule has 0 atom stereocenters. The quantitative estimate of drug-likeness (QED) is 0.0476. The summed E-state index contributed by atoms with van der Waals surface area (Å²) in [7, 11) is 0. The van der Waals surface area contributed by atoms with Crippen LogP contribution in [0.5, 0.6) is 34.5 Å². The van der Waals surface area contributed by atoms with Gasteiger partial charge in [-0.15, -0.1) is 0 Å². The first-order chi connectivity index (χ1) is 26.7. The van der Waals surface area contributed by atoms with Crippen LogP contribution < -0.4 is 28.4 Å². The Bertz CT molecular complexity index is 1830. The number of benzene rings is 4. The standard InChI is InChI=1S/C48H68O6/c1-7-13-17-21-31-51-45-35-27-25-29-37(49-11-5)39(35)47(53-33-23-19-15-9-3)43-41(45)42-44(43)48(54-34-24-20-16-10-4)40-36(28-26-30-38(40)50-12-6)46(42)52-32-22-18-14-8-2/h25-30H,7-24,31-34H2,1-6H3. The molecule has 6 nitrogen and oxygen atoms in total. The average molecular weight is 741 g/mol. The highest BCUT2D eigenvalue weighted by molar-refractivity contribution is 6.02. The van der Waals surface area contributed by atoms with Gasteiger partial charge in [-0.05, 0) is 51.7 Å². The summed E-state index contributed by atoms with van der Waals surface area (Å²) in [5, 5.41) is 8.18. The van der Waals surface area contributed by atoms with E-state index in [4.69, 9.17) is 28.4 Å². The van der Waals surface area contributed by atoms with Crippen LogP contribution in [0.2, 0.25) is 0 Å². The van der Waals surface area contributed by atoms with Gasteiger partial charge in [0.05, 0.1) is 50.4 Å². The van der Waals surface area contributed by atoms with Crippen molar-refractivity contribution >= 4 is 21.5 Å². The fourth-order valence-electron chi connectivity index (χ4n) is 7.73. The van der Waals surface area contributed by atoms with Gasteiger partial charge in [-0.2, -0.15) is 0 Å². The molecule has 6 heteroatoms. The molecule has 0 fully saturated rings. The van der Waals surface area contributed by atoms with Crippen LogP contribution in [0.4, 0.5) is 0 Å². The van der Waals surface area contributed by atoms with E-state index in [1.807, 2.05) is 13.8 Å². The van der Waals surface area contributed by atoms with Crippen LogP contribution in [0.15, 0.2) is 36.4 Å². The molecule has 0 N–H and O–H groups in total. The molecule has 0 saturated carbocycles. The Hall–Kier alpha value is -3.80. The SMILES string of the molecule is CCCCCCOc1c2c(c(OCCCCCC)c3c(OCC)cccc13)=c1c(OCCCCCC)c3c(OCC)cccc3c(OCCCCCC)c1=2. The number of hydrogen-bond donors (Lipinski definition) is 0. The van der Waals surface area contributed by atoms with Crippen molar-refractivity contribution in [2.45, 2.75) is 144 Å². The summed E-state index contributed by atoms with van der Waals surface area (Å²) < 4.78 is 40.6. The molecule has 5 rings (SSSR count). The summed E-state index contributed by atoms with van der Waals surface area (Å²) in [4.78, 5) is 0. The zero-order valence-corrected chi connectivity index (χ0v) is 34.5. The molecule has 0 aliphatic heterocycles. The number of ether oxygens (including phenoxy) is 6. The van der Waals surface area contributed by atoms with E-state index in [0.29, 0.717) is 39.6 Å². The van der Waals surface area contributed by atoms with Gasteiger partial charge in [0, 0.05) is 31.6 Å². The van der Waals surface area contributed by atoms with Crippen molar-refractivity contribution in [3.8, 4) is 34.5 Å². The van der Waals surface area contributed by atoms with Crippen LogP contribution in [0.3, 0.4) is 0 Å². The van der Waals surface area contributed by atoms with Crippen molar-refractivity contribution in [1.82, 2.24) is 0 Å². The zero-order valence-electron chi connectivity index (χ0n) is 34.5. The lowest BCUT2D eigenvalue weighted by Gasteiger charge is -2.25. The molecule has 0 bridgehead atoms. The minimum Gasteiger partial charge on any atom is -0.493 e. The predicted molar refractivity (Wildman–Crippen MR) is 224 cm³/mol. The van der Waals surface area contributed by atoms with Crippen LogP contribution in [-0.2, 0) is 0 Å². The molecule has 0 heterocycles. The molecule has 1 aliphatic rings. The molecule has 0 spiro atoms. The second-order valence-electron chi connectivity index (χ2n) is 14.7. The lowest BCUT2D eigenvalue weighted by molar-refractivity contribution is 0.288.